The first-order valence-electron chi connectivity index (χ1n) is 7.56. The van der Waals surface area contributed by atoms with E-state index in [0.29, 0.717) is 18.3 Å². The molecule has 0 aliphatic rings. The quantitative estimate of drug-likeness (QED) is 0.742. The van der Waals surface area contributed by atoms with Crippen molar-refractivity contribution < 1.29 is 9.26 Å². The second-order valence-corrected chi connectivity index (χ2v) is 5.25. The van der Waals surface area contributed by atoms with Gasteiger partial charge in [0.25, 0.3) is 0 Å². The van der Waals surface area contributed by atoms with Gasteiger partial charge in [0.2, 0.25) is 5.89 Å². The van der Waals surface area contributed by atoms with E-state index in [1.165, 1.54) is 0 Å². The van der Waals surface area contributed by atoms with Crippen molar-refractivity contribution in [3.8, 4) is 5.75 Å². The van der Waals surface area contributed by atoms with Crippen molar-refractivity contribution in [1.82, 2.24) is 10.1 Å². The molecule has 0 amide bonds. The minimum Gasteiger partial charge on any atom is -0.484 e. The van der Waals surface area contributed by atoms with Crippen molar-refractivity contribution in [2.75, 3.05) is 5.32 Å². The minimum absolute atomic E-state index is 0.0356. The number of rotatable bonds is 6. The zero-order chi connectivity index (χ0) is 16.1. The Hall–Kier alpha value is -2.82. The number of anilines is 1. The van der Waals surface area contributed by atoms with Crippen molar-refractivity contribution in [2.24, 2.45) is 0 Å². The monoisotopic (exact) mass is 309 g/mol. The Morgan fingerprint density at radius 2 is 1.83 bits per heavy atom. The highest BCUT2D eigenvalue weighted by molar-refractivity contribution is 5.56. The van der Waals surface area contributed by atoms with Gasteiger partial charge in [-0.3, -0.25) is 0 Å². The van der Waals surface area contributed by atoms with Gasteiger partial charge in [0.05, 0.1) is 12.2 Å². The largest absolute Gasteiger partial charge is 0.484 e. The number of ether oxygens (including phenoxy) is 1. The number of nitrogens with one attached hydrogen (secondary N) is 1. The van der Waals surface area contributed by atoms with Gasteiger partial charge < -0.3 is 14.6 Å². The van der Waals surface area contributed by atoms with E-state index in [4.69, 9.17) is 9.26 Å². The Bertz CT molecular complexity index is 756. The highest BCUT2D eigenvalue weighted by Crippen LogP contribution is 2.29. The van der Waals surface area contributed by atoms with Gasteiger partial charge in [-0.05, 0) is 24.6 Å². The molecule has 1 N–H and O–H groups in total. The molecule has 1 heterocycles. The molecule has 0 saturated carbocycles. The molecule has 2 aromatic carbocycles. The number of para-hydroxylation sites is 2. The van der Waals surface area contributed by atoms with Crippen LogP contribution in [0.1, 0.15) is 30.3 Å². The van der Waals surface area contributed by atoms with Crippen molar-refractivity contribution >= 4 is 5.69 Å². The average Bonchev–Trinajstić information content (AvgIpc) is 3.00. The second kappa shape index (κ2) is 6.96. The topological polar surface area (TPSA) is 60.2 Å². The lowest BCUT2D eigenvalue weighted by atomic mass is 10.1. The lowest BCUT2D eigenvalue weighted by Gasteiger charge is -2.18. The number of aromatic nitrogens is 2. The number of hydrogen-bond donors (Lipinski definition) is 1. The Labute approximate surface area is 135 Å². The summed E-state index contributed by atoms with van der Waals surface area (Å²) in [4.78, 5) is 4.18. The molecule has 0 aliphatic heterocycles. The van der Waals surface area contributed by atoms with Gasteiger partial charge >= 0.3 is 0 Å². The number of benzene rings is 2. The summed E-state index contributed by atoms with van der Waals surface area (Å²) in [5, 5.41) is 7.17. The molecule has 23 heavy (non-hydrogen) atoms. The van der Waals surface area contributed by atoms with Crippen molar-refractivity contribution in [3.63, 3.8) is 0 Å². The summed E-state index contributed by atoms with van der Waals surface area (Å²) in [7, 11) is 0. The Morgan fingerprint density at radius 3 is 2.57 bits per heavy atom. The molecule has 0 unspecified atom stereocenters. The van der Waals surface area contributed by atoms with Crippen LogP contribution in [0, 0.1) is 6.92 Å². The van der Waals surface area contributed by atoms with Crippen molar-refractivity contribution in [3.05, 3.63) is 71.9 Å². The van der Waals surface area contributed by atoms with Crippen LogP contribution in [0.25, 0.3) is 0 Å². The molecular weight excluding hydrogens is 290 g/mol. The molecule has 0 aliphatic carbocycles. The zero-order valence-corrected chi connectivity index (χ0v) is 13.2. The smallest absolute Gasteiger partial charge is 0.223 e. The first-order chi connectivity index (χ1) is 11.2. The molecule has 3 aromatic rings. The highest BCUT2D eigenvalue weighted by Gasteiger charge is 2.10. The molecular formula is C18H19N3O2. The SMILES string of the molecule is Cc1nc(CNc2ccccc2O[C@H](C)c2ccccc2)no1. The van der Waals surface area contributed by atoms with Crippen LogP contribution in [0.2, 0.25) is 0 Å². The number of aryl methyl sites for hydroxylation is 1. The molecule has 0 radical (unpaired) electrons. The van der Waals surface area contributed by atoms with Gasteiger partial charge in [-0.15, -0.1) is 0 Å². The van der Waals surface area contributed by atoms with Crippen LogP contribution in [0.4, 0.5) is 5.69 Å². The summed E-state index contributed by atoms with van der Waals surface area (Å²) in [5.41, 5.74) is 2.04. The number of nitrogens with zero attached hydrogens (tertiary/aromatic N) is 2. The van der Waals surface area contributed by atoms with Crippen LogP contribution in [-0.4, -0.2) is 10.1 Å². The van der Waals surface area contributed by atoms with E-state index < -0.39 is 0 Å². The highest BCUT2D eigenvalue weighted by atomic mass is 16.5. The zero-order valence-electron chi connectivity index (χ0n) is 13.2. The van der Waals surface area contributed by atoms with Gasteiger partial charge in [-0.2, -0.15) is 4.98 Å². The summed E-state index contributed by atoms with van der Waals surface area (Å²) in [6.45, 7) is 4.29. The second-order valence-electron chi connectivity index (χ2n) is 5.25. The van der Waals surface area contributed by atoms with Crippen LogP contribution in [-0.2, 0) is 6.54 Å². The van der Waals surface area contributed by atoms with E-state index in [0.717, 1.165) is 17.0 Å². The predicted molar refractivity (Wildman–Crippen MR) is 88.3 cm³/mol. The molecule has 0 bridgehead atoms. The van der Waals surface area contributed by atoms with Gasteiger partial charge in [-0.1, -0.05) is 47.6 Å². The molecule has 1 aromatic heterocycles. The summed E-state index contributed by atoms with van der Waals surface area (Å²) < 4.78 is 11.1. The fraction of sp³-hybridized carbons (Fsp3) is 0.222. The van der Waals surface area contributed by atoms with Gasteiger partial charge in [0.1, 0.15) is 11.9 Å². The van der Waals surface area contributed by atoms with E-state index in [1.54, 1.807) is 6.92 Å². The van der Waals surface area contributed by atoms with Crippen molar-refractivity contribution in [1.29, 1.82) is 0 Å². The molecule has 0 saturated heterocycles. The molecule has 0 spiro atoms. The Balaban J connectivity index is 1.70. The maximum Gasteiger partial charge on any atom is 0.223 e. The molecule has 0 fully saturated rings. The maximum atomic E-state index is 6.10. The third kappa shape index (κ3) is 3.88. The van der Waals surface area contributed by atoms with E-state index in [9.17, 15) is 0 Å². The Kier molecular flexibility index (Phi) is 4.57. The van der Waals surface area contributed by atoms with Crippen molar-refractivity contribution in [2.45, 2.75) is 26.5 Å². The summed E-state index contributed by atoms with van der Waals surface area (Å²) >= 11 is 0. The lowest BCUT2D eigenvalue weighted by molar-refractivity contribution is 0.228. The fourth-order valence-corrected chi connectivity index (χ4v) is 2.29. The molecule has 5 heteroatoms. The van der Waals surface area contributed by atoms with E-state index in [1.807, 2.05) is 49.4 Å². The van der Waals surface area contributed by atoms with Crippen LogP contribution < -0.4 is 10.1 Å². The molecule has 118 valence electrons. The molecule has 1 atom stereocenters. The first-order valence-corrected chi connectivity index (χ1v) is 7.56. The maximum absolute atomic E-state index is 6.10. The van der Waals surface area contributed by atoms with Crippen LogP contribution in [0.3, 0.4) is 0 Å². The van der Waals surface area contributed by atoms with Gasteiger partial charge in [-0.25, -0.2) is 0 Å². The van der Waals surface area contributed by atoms with Gasteiger partial charge in [0.15, 0.2) is 5.82 Å². The van der Waals surface area contributed by atoms with E-state index in [2.05, 4.69) is 27.6 Å². The molecule has 5 nitrogen and oxygen atoms in total. The number of hydrogen-bond acceptors (Lipinski definition) is 5. The Morgan fingerprint density at radius 1 is 1.09 bits per heavy atom. The third-order valence-corrected chi connectivity index (χ3v) is 3.47. The lowest BCUT2D eigenvalue weighted by Crippen LogP contribution is -2.07. The van der Waals surface area contributed by atoms with E-state index >= 15 is 0 Å². The minimum atomic E-state index is -0.0356. The normalized spacial score (nSPS) is 11.9. The average molecular weight is 309 g/mol. The first kappa shape index (κ1) is 15.1. The third-order valence-electron chi connectivity index (χ3n) is 3.47. The molecule has 3 rings (SSSR count). The van der Waals surface area contributed by atoms with Crippen LogP contribution in [0.15, 0.2) is 59.1 Å². The van der Waals surface area contributed by atoms with Crippen LogP contribution in [0.5, 0.6) is 5.75 Å². The summed E-state index contributed by atoms with van der Waals surface area (Å²) in [6.07, 6.45) is -0.0356. The predicted octanol–water partition coefficient (Wildman–Crippen LogP) is 4.13. The standard InChI is InChI=1S/C18H19N3O2/c1-13(15-8-4-3-5-9-15)22-17-11-7-6-10-16(17)19-12-18-20-14(2)23-21-18/h3-11,13,19H,12H2,1-2H3/t13-/m1/s1. The fourth-order valence-electron chi connectivity index (χ4n) is 2.29. The van der Waals surface area contributed by atoms with Gasteiger partial charge in [0, 0.05) is 6.92 Å². The summed E-state index contributed by atoms with van der Waals surface area (Å²) in [6, 6.07) is 18.0. The summed E-state index contributed by atoms with van der Waals surface area (Å²) in [5.74, 6) is 1.97. The van der Waals surface area contributed by atoms with Crippen LogP contribution >= 0.6 is 0 Å². The van der Waals surface area contributed by atoms with E-state index in [-0.39, 0.29) is 6.10 Å².